The molecule has 58 heavy (non-hydrogen) atoms. The van der Waals surface area contributed by atoms with Crippen LogP contribution in [-0.2, 0) is 38.0 Å². The van der Waals surface area contributed by atoms with E-state index in [-0.39, 0.29) is 19.4 Å². The Balaban J connectivity index is 1.90. The lowest BCUT2D eigenvalue weighted by molar-refractivity contribution is -0.332. The average molecular weight is 833 g/mol. The second kappa shape index (κ2) is 31.8. The average Bonchev–Trinajstić information content (AvgIpc) is 3.21. The van der Waals surface area contributed by atoms with E-state index < -0.39 is 99.3 Å². The first-order valence-corrected chi connectivity index (χ1v) is 21.9. The van der Waals surface area contributed by atoms with Crippen LogP contribution >= 0.6 is 0 Å². The number of esters is 2. The number of ether oxygens (including phenoxy) is 6. The Morgan fingerprint density at radius 2 is 1.07 bits per heavy atom. The van der Waals surface area contributed by atoms with Gasteiger partial charge in [-0.1, -0.05) is 122 Å². The summed E-state index contributed by atoms with van der Waals surface area (Å²) in [7, 11) is 0. The Kier molecular flexibility index (Phi) is 28.6. The van der Waals surface area contributed by atoms with Gasteiger partial charge in [-0.15, -0.1) is 0 Å². The fourth-order valence-corrected chi connectivity index (χ4v) is 6.74. The quantitative estimate of drug-likeness (QED) is 0.0288. The van der Waals surface area contributed by atoms with E-state index in [2.05, 4.69) is 26.0 Å². The molecular formula is C43H76O15. The van der Waals surface area contributed by atoms with Crippen molar-refractivity contribution >= 4 is 11.9 Å². The first-order valence-electron chi connectivity index (χ1n) is 21.9. The van der Waals surface area contributed by atoms with Crippen LogP contribution < -0.4 is 0 Å². The van der Waals surface area contributed by atoms with Crippen LogP contribution in [0.15, 0.2) is 24.3 Å². The van der Waals surface area contributed by atoms with Crippen molar-refractivity contribution in [3.05, 3.63) is 24.3 Å². The Bertz CT molecular complexity index is 1120. The van der Waals surface area contributed by atoms with Crippen molar-refractivity contribution in [2.45, 2.75) is 210 Å². The van der Waals surface area contributed by atoms with E-state index in [1.807, 2.05) is 12.2 Å². The van der Waals surface area contributed by atoms with Crippen LogP contribution in [0.1, 0.15) is 142 Å². The fraction of sp³-hybridized carbons (Fsp3) is 0.860. The van der Waals surface area contributed by atoms with Gasteiger partial charge in [0.1, 0.15) is 55.4 Å². The minimum absolute atomic E-state index is 0.0612. The highest BCUT2D eigenvalue weighted by Gasteiger charge is 2.47. The van der Waals surface area contributed by atoms with E-state index in [1.54, 1.807) is 0 Å². The van der Waals surface area contributed by atoms with Crippen molar-refractivity contribution < 1.29 is 73.8 Å². The van der Waals surface area contributed by atoms with Gasteiger partial charge in [-0.25, -0.2) is 0 Å². The van der Waals surface area contributed by atoms with Gasteiger partial charge in [0, 0.05) is 12.8 Å². The molecule has 15 heteroatoms. The van der Waals surface area contributed by atoms with Crippen molar-refractivity contribution in [2.24, 2.45) is 0 Å². The van der Waals surface area contributed by atoms with Crippen molar-refractivity contribution in [3.63, 3.8) is 0 Å². The molecule has 0 spiro atoms. The van der Waals surface area contributed by atoms with Gasteiger partial charge in [-0.2, -0.15) is 0 Å². The predicted octanol–water partition coefficient (Wildman–Crippen LogP) is 4.04. The van der Waals surface area contributed by atoms with E-state index in [9.17, 15) is 45.3 Å². The summed E-state index contributed by atoms with van der Waals surface area (Å²) in [5, 5.41) is 71.7. The number of aliphatic hydroxyl groups is 7. The molecule has 0 amide bonds. The first-order chi connectivity index (χ1) is 28.0. The normalized spacial score (nSPS) is 28.3. The Hall–Kier alpha value is -2.02. The highest BCUT2D eigenvalue weighted by atomic mass is 16.7. The highest BCUT2D eigenvalue weighted by molar-refractivity contribution is 5.70. The van der Waals surface area contributed by atoms with Crippen molar-refractivity contribution in [1.82, 2.24) is 0 Å². The molecule has 0 aromatic carbocycles. The van der Waals surface area contributed by atoms with Gasteiger partial charge in [-0.3, -0.25) is 9.59 Å². The third-order valence-electron chi connectivity index (χ3n) is 10.4. The summed E-state index contributed by atoms with van der Waals surface area (Å²) in [6, 6.07) is 0. The van der Waals surface area contributed by atoms with Gasteiger partial charge in [0.2, 0.25) is 0 Å². The fourth-order valence-electron chi connectivity index (χ4n) is 6.74. The molecule has 0 aromatic heterocycles. The number of unbranched alkanes of at least 4 members (excludes halogenated alkanes) is 14. The van der Waals surface area contributed by atoms with Gasteiger partial charge in [0.05, 0.1) is 19.8 Å². The molecule has 0 radical (unpaired) electrons. The van der Waals surface area contributed by atoms with Crippen molar-refractivity contribution in [2.75, 3.05) is 26.4 Å². The maximum Gasteiger partial charge on any atom is 0.306 e. The lowest BCUT2D eigenvalue weighted by Gasteiger charge is -2.42. The Morgan fingerprint density at radius 3 is 1.67 bits per heavy atom. The standard InChI is InChI=1S/C43H76O15/c1-3-5-7-9-11-13-14-15-16-18-20-22-24-26-35(46)56-31(28-53-34(45)25-23-21-19-17-12-10-8-6-4-2)29-54-42-41(52)39(50)37(48)33(58-42)30-55-43-40(51)38(49)36(47)32(27-44)57-43/h15-16,20,22,31-33,36-44,47-52H,3-14,17-19,21,23-30H2,1-2H3/b16-15+,22-20+/t31?,32-,33-,36+,37+,38?,39?,40?,41?,42-,43-/m1/s1. The summed E-state index contributed by atoms with van der Waals surface area (Å²) in [6.07, 6.45) is 11.1. The SMILES string of the molecule is CCCCCCCC/C=C/C/C=C/CCC(=O)OC(COC(=O)CCCCCCCCCCC)CO[C@@H]1O[C@H](CO[C@@H]2O[C@H](CO)[C@H](O)C(O)C2O)[C@H](O)C(O)C1O. The molecule has 2 aliphatic rings. The second-order valence-electron chi connectivity index (χ2n) is 15.5. The van der Waals surface area contributed by atoms with Crippen LogP contribution in [0.2, 0.25) is 0 Å². The third kappa shape index (κ3) is 21.0. The number of hydrogen-bond acceptors (Lipinski definition) is 15. The van der Waals surface area contributed by atoms with E-state index in [4.69, 9.17) is 28.4 Å². The number of rotatable bonds is 32. The summed E-state index contributed by atoms with van der Waals surface area (Å²) >= 11 is 0. The van der Waals surface area contributed by atoms with Gasteiger partial charge in [0.25, 0.3) is 0 Å². The molecule has 5 unspecified atom stereocenters. The maximum atomic E-state index is 12.8. The zero-order valence-corrected chi connectivity index (χ0v) is 35.0. The maximum absolute atomic E-state index is 12.8. The van der Waals surface area contributed by atoms with Crippen LogP contribution in [0.4, 0.5) is 0 Å². The largest absolute Gasteiger partial charge is 0.462 e. The third-order valence-corrected chi connectivity index (χ3v) is 10.4. The number of hydrogen-bond donors (Lipinski definition) is 7. The number of carbonyl (C=O) groups excluding carboxylic acids is 2. The Morgan fingerprint density at radius 1 is 0.552 bits per heavy atom. The molecule has 0 aromatic rings. The van der Waals surface area contributed by atoms with Crippen LogP contribution in [0.5, 0.6) is 0 Å². The topological polar surface area (TPSA) is 231 Å². The summed E-state index contributed by atoms with van der Waals surface area (Å²) in [6.45, 7) is 2.46. The molecule has 2 heterocycles. The van der Waals surface area contributed by atoms with E-state index in [1.165, 1.54) is 70.6 Å². The zero-order chi connectivity index (χ0) is 42.5. The van der Waals surface area contributed by atoms with Crippen molar-refractivity contribution in [1.29, 1.82) is 0 Å². The predicted molar refractivity (Wildman–Crippen MR) is 215 cm³/mol. The molecule has 0 saturated carbocycles. The summed E-state index contributed by atoms with van der Waals surface area (Å²) < 4.78 is 33.3. The molecule has 11 atom stereocenters. The van der Waals surface area contributed by atoms with Gasteiger partial charge >= 0.3 is 11.9 Å². The molecule has 0 bridgehead atoms. The minimum atomic E-state index is -1.77. The molecule has 2 saturated heterocycles. The van der Waals surface area contributed by atoms with Crippen LogP contribution in [0, 0.1) is 0 Å². The highest BCUT2D eigenvalue weighted by Crippen LogP contribution is 2.26. The second-order valence-corrected chi connectivity index (χ2v) is 15.5. The minimum Gasteiger partial charge on any atom is -0.462 e. The molecule has 15 nitrogen and oxygen atoms in total. The van der Waals surface area contributed by atoms with E-state index in [0.717, 1.165) is 32.1 Å². The zero-order valence-electron chi connectivity index (χ0n) is 35.0. The van der Waals surface area contributed by atoms with Gasteiger partial charge < -0.3 is 64.2 Å². The molecule has 0 aliphatic carbocycles. The smallest absolute Gasteiger partial charge is 0.306 e. The number of carbonyl (C=O) groups is 2. The summed E-state index contributed by atoms with van der Waals surface area (Å²) in [4.78, 5) is 25.5. The Labute approximate surface area is 345 Å². The van der Waals surface area contributed by atoms with Gasteiger partial charge in [-0.05, 0) is 32.1 Å². The van der Waals surface area contributed by atoms with Crippen LogP contribution in [-0.4, -0.2) is 142 Å². The van der Waals surface area contributed by atoms with Crippen LogP contribution in [0.25, 0.3) is 0 Å². The number of allylic oxidation sites excluding steroid dienone is 4. The van der Waals surface area contributed by atoms with E-state index >= 15 is 0 Å². The monoisotopic (exact) mass is 833 g/mol. The molecular weight excluding hydrogens is 756 g/mol. The summed E-state index contributed by atoms with van der Waals surface area (Å²) in [5.74, 6) is -1.01. The molecule has 2 fully saturated rings. The van der Waals surface area contributed by atoms with Crippen molar-refractivity contribution in [3.8, 4) is 0 Å². The number of aliphatic hydroxyl groups excluding tert-OH is 7. The molecule has 2 aliphatic heterocycles. The van der Waals surface area contributed by atoms with E-state index in [0.29, 0.717) is 12.8 Å². The van der Waals surface area contributed by atoms with Gasteiger partial charge in [0.15, 0.2) is 18.7 Å². The molecule has 338 valence electrons. The first kappa shape index (κ1) is 52.1. The molecule has 7 N–H and O–H groups in total. The van der Waals surface area contributed by atoms with Crippen LogP contribution in [0.3, 0.4) is 0 Å². The molecule has 2 rings (SSSR count). The summed E-state index contributed by atoms with van der Waals surface area (Å²) in [5.41, 5.74) is 0. The lowest BCUT2D eigenvalue weighted by atomic mass is 9.98. The lowest BCUT2D eigenvalue weighted by Crippen LogP contribution is -2.61.